The molecule has 23 heavy (non-hydrogen) atoms. The summed E-state index contributed by atoms with van der Waals surface area (Å²) in [6, 6.07) is 0. The van der Waals surface area contributed by atoms with E-state index in [2.05, 4.69) is 27.7 Å². The molecule has 0 aromatic rings. The average molecular weight is 431 g/mol. The topological polar surface area (TPSA) is 80.3 Å². The number of carbonyl (C=O) groups is 2. The zero-order chi connectivity index (χ0) is 18.6. The Labute approximate surface area is 160 Å². The number of hydrogen-bond acceptors (Lipinski definition) is 4. The van der Waals surface area contributed by atoms with E-state index in [-0.39, 0.29) is 47.0 Å². The van der Waals surface area contributed by atoms with Crippen LogP contribution in [0.5, 0.6) is 0 Å². The minimum atomic E-state index is -0.187. The summed E-state index contributed by atoms with van der Waals surface area (Å²) in [5, 5.41) is 20.0. The number of hydrogen-bond donors (Lipinski definition) is 0. The van der Waals surface area contributed by atoms with Gasteiger partial charge in [0.05, 0.1) is 0 Å². The summed E-state index contributed by atoms with van der Waals surface area (Å²) in [5.41, 5.74) is 0. The van der Waals surface area contributed by atoms with Gasteiger partial charge in [0.1, 0.15) is 0 Å². The maximum absolute atomic E-state index is 9.98. The molecule has 0 N–H and O–H groups in total. The van der Waals surface area contributed by atoms with Crippen molar-refractivity contribution in [1.29, 1.82) is 0 Å². The molecule has 0 unspecified atom stereocenters. The first-order chi connectivity index (χ1) is 10.1. The third-order valence-electron chi connectivity index (χ3n) is 1.52. The van der Waals surface area contributed by atoms with Gasteiger partial charge in [0.2, 0.25) is 0 Å². The van der Waals surface area contributed by atoms with Crippen LogP contribution in [0.15, 0.2) is 23.7 Å². The fourth-order valence-corrected chi connectivity index (χ4v) is 0.572. The van der Waals surface area contributed by atoms with Crippen molar-refractivity contribution in [2.45, 2.75) is 67.2 Å². The smallest absolute Gasteiger partial charge is 0.151 e. The van der Waals surface area contributed by atoms with Gasteiger partial charge in [-0.3, -0.25) is 9.59 Å². The summed E-state index contributed by atoms with van der Waals surface area (Å²) in [6.07, 6.45) is 6.67. The van der Waals surface area contributed by atoms with Crippen molar-refractivity contribution in [2.75, 3.05) is 0 Å². The van der Waals surface area contributed by atoms with Crippen molar-refractivity contribution in [1.82, 2.24) is 0 Å². The molecular weight excluding hydrogens is 399 g/mol. The zero-order valence-electron chi connectivity index (χ0n) is 15.5. The molecular formula is C18H32O4Sn-4. The van der Waals surface area contributed by atoms with Crippen LogP contribution in [-0.4, -0.2) is 35.5 Å². The van der Waals surface area contributed by atoms with Gasteiger partial charge in [-0.25, -0.2) is 0 Å². The summed E-state index contributed by atoms with van der Waals surface area (Å²) < 4.78 is 0. The molecule has 4 nitrogen and oxygen atoms in total. The molecule has 4 radical (unpaired) electrons. The first kappa shape index (κ1) is 33.7. The predicted molar refractivity (Wildman–Crippen MR) is 95.2 cm³/mol. The molecule has 0 saturated carbocycles. The summed E-state index contributed by atoms with van der Waals surface area (Å²) in [4.78, 5) is 20.0. The number of unbranched alkanes of at least 4 members (excludes halogenated alkanes) is 2. The Balaban J connectivity index is -0.0000000639. The molecule has 0 saturated heterocycles. The van der Waals surface area contributed by atoms with E-state index in [0.29, 0.717) is 0 Å². The largest absolute Gasteiger partial charge is 0.876 e. The van der Waals surface area contributed by atoms with Crippen LogP contribution < -0.4 is 10.2 Å². The minimum absolute atomic E-state index is 0. The Morgan fingerprint density at radius 1 is 0.783 bits per heavy atom. The van der Waals surface area contributed by atoms with Crippen molar-refractivity contribution in [3.05, 3.63) is 37.5 Å². The summed E-state index contributed by atoms with van der Waals surface area (Å²) in [5.74, 6) is -0.750. The van der Waals surface area contributed by atoms with Gasteiger partial charge in [-0.15, -0.1) is 11.5 Å². The maximum Gasteiger partial charge on any atom is 0.151 e. The molecule has 5 heteroatoms. The van der Waals surface area contributed by atoms with Gasteiger partial charge in [0.25, 0.3) is 0 Å². The van der Waals surface area contributed by atoms with E-state index < -0.39 is 0 Å². The predicted octanol–water partition coefficient (Wildman–Crippen LogP) is 2.54. The van der Waals surface area contributed by atoms with E-state index in [1.54, 1.807) is 0 Å². The number of carbonyl (C=O) groups excluding carboxylic acids is 2. The van der Waals surface area contributed by atoms with Gasteiger partial charge < -0.3 is 24.1 Å². The van der Waals surface area contributed by atoms with Crippen LogP contribution >= 0.6 is 0 Å². The van der Waals surface area contributed by atoms with Crippen LogP contribution in [0.1, 0.15) is 67.2 Å². The fourth-order valence-electron chi connectivity index (χ4n) is 0.572. The Morgan fingerprint density at radius 3 is 0.957 bits per heavy atom. The molecule has 0 fully saturated rings. The minimum Gasteiger partial charge on any atom is -0.876 e. The molecule has 0 atom stereocenters. The number of allylic oxidation sites excluding steroid dienone is 4. The molecule has 0 heterocycles. The molecule has 0 rings (SSSR count). The summed E-state index contributed by atoms with van der Waals surface area (Å²) in [7, 11) is 0. The third-order valence-corrected chi connectivity index (χ3v) is 1.52. The normalized spacial score (nSPS) is 9.57. The molecule has 0 spiro atoms. The molecule has 0 aromatic heterocycles. The van der Waals surface area contributed by atoms with E-state index in [1.165, 1.54) is 40.5 Å². The van der Waals surface area contributed by atoms with E-state index in [0.717, 1.165) is 25.0 Å². The Bertz CT molecular complexity index is 277. The van der Waals surface area contributed by atoms with E-state index >= 15 is 0 Å². The maximum atomic E-state index is 9.98. The number of rotatable bonds is 4. The van der Waals surface area contributed by atoms with Crippen molar-refractivity contribution >= 4 is 35.5 Å². The third kappa shape index (κ3) is 92.2. The second-order valence-corrected chi connectivity index (χ2v) is 4.44. The van der Waals surface area contributed by atoms with E-state index in [4.69, 9.17) is 0 Å². The fraction of sp³-hybridized carbons (Fsp3) is 0.556. The van der Waals surface area contributed by atoms with Gasteiger partial charge in [0, 0.05) is 23.9 Å². The molecule has 136 valence electrons. The van der Waals surface area contributed by atoms with Crippen LogP contribution in [0.4, 0.5) is 0 Å². The summed E-state index contributed by atoms with van der Waals surface area (Å²) in [6.45, 7) is 16.8. The van der Waals surface area contributed by atoms with Gasteiger partial charge in [-0.05, 0) is 26.0 Å². The molecule has 0 aliphatic carbocycles. The van der Waals surface area contributed by atoms with E-state index in [9.17, 15) is 19.8 Å². The second kappa shape index (κ2) is 29.3. The van der Waals surface area contributed by atoms with Crippen LogP contribution in [0.3, 0.4) is 0 Å². The van der Waals surface area contributed by atoms with Gasteiger partial charge in [0.15, 0.2) is 11.6 Å². The summed E-state index contributed by atoms with van der Waals surface area (Å²) >= 11 is 0. The number of ketones is 2. The first-order valence-corrected chi connectivity index (χ1v) is 7.39. The Kier molecular flexibility index (Phi) is 42.9. The molecule has 0 amide bonds. The van der Waals surface area contributed by atoms with Crippen molar-refractivity contribution in [3.8, 4) is 0 Å². The monoisotopic (exact) mass is 432 g/mol. The second-order valence-electron chi connectivity index (χ2n) is 4.44. The van der Waals surface area contributed by atoms with E-state index in [1.807, 2.05) is 0 Å². The van der Waals surface area contributed by atoms with Gasteiger partial charge in [-0.1, -0.05) is 40.5 Å². The molecule has 0 aliphatic heterocycles. The quantitative estimate of drug-likeness (QED) is 0.297. The SMILES string of the molecule is CC(=O)/C=C(/C)[O-].CC(=O)/C=C(/C)[O-].[CH2-]CCC.[CH2-]CCC.[Sn]. The molecule has 0 bridgehead atoms. The average Bonchev–Trinajstić information content (AvgIpc) is 2.36. The van der Waals surface area contributed by atoms with Crippen molar-refractivity contribution in [2.24, 2.45) is 0 Å². The Hall–Kier alpha value is -0.781. The van der Waals surface area contributed by atoms with Crippen molar-refractivity contribution in [3.63, 3.8) is 0 Å². The zero-order valence-corrected chi connectivity index (χ0v) is 18.4. The van der Waals surface area contributed by atoms with Gasteiger partial charge >= 0.3 is 0 Å². The van der Waals surface area contributed by atoms with Crippen LogP contribution in [0, 0.1) is 13.8 Å². The standard InChI is InChI=1S/2C5H8O2.2C4H9.Sn/c2*1-4(6)3-5(2)7;2*1-3-4-2;/h2*3,6H,1-2H3;2*1,3-4H2,2H3;/q;;2*-1;/p-2/b2*4-3-;;;. The Morgan fingerprint density at radius 2 is 0.957 bits per heavy atom. The van der Waals surface area contributed by atoms with Crippen molar-refractivity contribution < 1.29 is 19.8 Å². The molecule has 0 aliphatic rings. The van der Waals surface area contributed by atoms with Crippen LogP contribution in [-0.2, 0) is 9.59 Å². The van der Waals surface area contributed by atoms with Crippen LogP contribution in [0.25, 0.3) is 0 Å². The molecule has 0 aromatic carbocycles. The van der Waals surface area contributed by atoms with Gasteiger partial charge in [-0.2, -0.15) is 12.8 Å². The van der Waals surface area contributed by atoms with Crippen LogP contribution in [0.2, 0.25) is 0 Å². The first-order valence-electron chi connectivity index (χ1n) is 7.39.